The Morgan fingerprint density at radius 1 is 0.966 bits per heavy atom. The van der Waals surface area contributed by atoms with Crippen LogP contribution in [0.2, 0.25) is 0 Å². The van der Waals surface area contributed by atoms with E-state index in [0.717, 1.165) is 31.4 Å². The van der Waals surface area contributed by atoms with Crippen LogP contribution < -0.4 is 10.3 Å². The number of aromatic amines is 1. The molecule has 1 aliphatic carbocycles. The molecule has 0 unspecified atom stereocenters. The molecular formula is C23H22N2O3S. The number of nitrogens with zero attached hydrogens (tertiary/aromatic N) is 1. The Balaban J connectivity index is 1.68. The second kappa shape index (κ2) is 8.49. The van der Waals surface area contributed by atoms with E-state index in [1.807, 2.05) is 36.4 Å². The molecule has 1 saturated carbocycles. The zero-order valence-corrected chi connectivity index (χ0v) is 16.7. The normalized spacial score (nSPS) is 13.9. The van der Waals surface area contributed by atoms with E-state index in [-0.39, 0.29) is 21.8 Å². The number of hydrogen-bond acceptors (Lipinski definition) is 4. The van der Waals surface area contributed by atoms with Crippen LogP contribution in [0.3, 0.4) is 0 Å². The monoisotopic (exact) mass is 406 g/mol. The molecule has 0 bridgehead atoms. The number of aromatic hydroxyl groups is 1. The maximum absolute atomic E-state index is 12.4. The van der Waals surface area contributed by atoms with Crippen molar-refractivity contribution in [1.82, 2.24) is 9.55 Å². The maximum Gasteiger partial charge on any atom is 0.262 e. The van der Waals surface area contributed by atoms with Crippen molar-refractivity contribution >= 4 is 18.3 Å². The summed E-state index contributed by atoms with van der Waals surface area (Å²) < 4.78 is 7.43. The Bertz CT molecular complexity index is 1140. The molecule has 0 saturated heterocycles. The van der Waals surface area contributed by atoms with Gasteiger partial charge in [-0.2, -0.15) is 0 Å². The smallest absolute Gasteiger partial charge is 0.262 e. The number of para-hydroxylation sites is 1. The van der Waals surface area contributed by atoms with Gasteiger partial charge in [0.15, 0.2) is 4.77 Å². The molecule has 0 aliphatic heterocycles. The van der Waals surface area contributed by atoms with Gasteiger partial charge in [-0.1, -0.05) is 30.2 Å². The molecule has 0 atom stereocenters. The van der Waals surface area contributed by atoms with Crippen LogP contribution in [0, 0.1) is 4.77 Å². The molecule has 6 heteroatoms. The number of benzene rings is 2. The molecule has 0 amide bonds. The summed E-state index contributed by atoms with van der Waals surface area (Å²) in [6, 6.07) is 16.7. The van der Waals surface area contributed by atoms with Crippen molar-refractivity contribution in [2.45, 2.75) is 32.1 Å². The molecule has 2 N–H and O–H groups in total. The summed E-state index contributed by atoms with van der Waals surface area (Å²) in [4.78, 5) is 15.1. The van der Waals surface area contributed by atoms with Gasteiger partial charge in [0.05, 0.1) is 5.69 Å². The number of allylic oxidation sites excluding steroid dienone is 1. The van der Waals surface area contributed by atoms with Gasteiger partial charge in [-0.3, -0.25) is 14.3 Å². The molecule has 148 valence electrons. The Hall–Kier alpha value is -3.12. The minimum atomic E-state index is -0.370. The molecule has 4 rings (SSSR count). The van der Waals surface area contributed by atoms with Crippen LogP contribution in [0.25, 0.3) is 11.8 Å². The predicted octanol–water partition coefficient (Wildman–Crippen LogP) is 5.74. The SMILES string of the molecule is O=c1[nH]c(=S)n(-c2ccc(Oc3ccccc3)cc2)c(O)c1C=C1CCCCC1. The summed E-state index contributed by atoms with van der Waals surface area (Å²) in [5.74, 6) is 1.26. The number of aromatic nitrogens is 2. The zero-order chi connectivity index (χ0) is 20.2. The van der Waals surface area contributed by atoms with Crippen LogP contribution in [0.5, 0.6) is 17.4 Å². The van der Waals surface area contributed by atoms with Gasteiger partial charge in [-0.05, 0) is 80.4 Å². The predicted molar refractivity (Wildman–Crippen MR) is 116 cm³/mol. The standard InChI is InChI=1S/C23H22N2O3S/c26-21-20(15-16-7-3-1-4-8-16)22(27)25(23(29)24-21)17-11-13-19(14-12-17)28-18-9-5-2-6-10-18/h2,5-6,9-15,27H,1,3-4,7-8H2,(H,24,26,29). The summed E-state index contributed by atoms with van der Waals surface area (Å²) in [6.07, 6.45) is 7.17. The van der Waals surface area contributed by atoms with Crippen LogP contribution >= 0.6 is 12.2 Å². The Morgan fingerprint density at radius 3 is 2.31 bits per heavy atom. The average molecular weight is 407 g/mol. The van der Waals surface area contributed by atoms with Gasteiger partial charge >= 0.3 is 0 Å². The Kier molecular flexibility index (Phi) is 5.62. The molecule has 5 nitrogen and oxygen atoms in total. The van der Waals surface area contributed by atoms with E-state index in [4.69, 9.17) is 17.0 Å². The van der Waals surface area contributed by atoms with Gasteiger partial charge in [0.25, 0.3) is 5.56 Å². The first-order valence-electron chi connectivity index (χ1n) is 9.73. The first-order valence-corrected chi connectivity index (χ1v) is 10.1. The third kappa shape index (κ3) is 4.32. The van der Waals surface area contributed by atoms with Crippen LogP contribution in [0.1, 0.15) is 37.7 Å². The fourth-order valence-corrected chi connectivity index (χ4v) is 3.83. The fourth-order valence-electron chi connectivity index (χ4n) is 3.55. The highest BCUT2D eigenvalue weighted by molar-refractivity contribution is 7.71. The lowest BCUT2D eigenvalue weighted by Crippen LogP contribution is -2.16. The van der Waals surface area contributed by atoms with Crippen molar-refractivity contribution < 1.29 is 9.84 Å². The minimum absolute atomic E-state index is 0.145. The molecule has 1 heterocycles. The van der Waals surface area contributed by atoms with Crippen molar-refractivity contribution in [3.8, 4) is 23.1 Å². The molecule has 2 aromatic carbocycles. The Morgan fingerprint density at radius 2 is 1.62 bits per heavy atom. The average Bonchev–Trinajstić information content (AvgIpc) is 2.74. The summed E-state index contributed by atoms with van der Waals surface area (Å²) >= 11 is 5.31. The molecule has 1 fully saturated rings. The van der Waals surface area contributed by atoms with Crippen molar-refractivity contribution in [1.29, 1.82) is 0 Å². The highest BCUT2D eigenvalue weighted by Gasteiger charge is 2.14. The molecule has 0 spiro atoms. The second-order valence-electron chi connectivity index (χ2n) is 7.10. The highest BCUT2D eigenvalue weighted by Crippen LogP contribution is 2.28. The number of hydrogen-bond donors (Lipinski definition) is 2. The van der Waals surface area contributed by atoms with Gasteiger partial charge in [0.1, 0.15) is 17.1 Å². The molecule has 3 aromatic rings. The van der Waals surface area contributed by atoms with E-state index in [1.165, 1.54) is 16.6 Å². The molecule has 0 radical (unpaired) electrons. The summed E-state index contributed by atoms with van der Waals surface area (Å²) in [6.45, 7) is 0. The Labute approximate surface area is 173 Å². The van der Waals surface area contributed by atoms with Crippen LogP contribution in [-0.2, 0) is 0 Å². The van der Waals surface area contributed by atoms with Gasteiger partial charge in [-0.25, -0.2) is 0 Å². The summed E-state index contributed by atoms with van der Waals surface area (Å²) in [7, 11) is 0. The van der Waals surface area contributed by atoms with Crippen LogP contribution in [-0.4, -0.2) is 14.7 Å². The maximum atomic E-state index is 12.4. The molecular weight excluding hydrogens is 384 g/mol. The third-order valence-corrected chi connectivity index (χ3v) is 5.32. The van der Waals surface area contributed by atoms with Crippen LogP contribution in [0.4, 0.5) is 0 Å². The van der Waals surface area contributed by atoms with E-state index in [0.29, 0.717) is 11.4 Å². The van der Waals surface area contributed by atoms with Gasteiger partial charge in [-0.15, -0.1) is 0 Å². The minimum Gasteiger partial charge on any atom is -0.494 e. The van der Waals surface area contributed by atoms with Crippen molar-refractivity contribution in [2.75, 3.05) is 0 Å². The van der Waals surface area contributed by atoms with Crippen molar-refractivity contribution in [3.05, 3.63) is 80.9 Å². The quantitative estimate of drug-likeness (QED) is 0.542. The first kappa shape index (κ1) is 19.2. The van der Waals surface area contributed by atoms with Crippen molar-refractivity contribution in [2.24, 2.45) is 0 Å². The lowest BCUT2D eigenvalue weighted by atomic mass is 9.94. The topological polar surface area (TPSA) is 67.2 Å². The largest absolute Gasteiger partial charge is 0.494 e. The fraction of sp³-hybridized carbons (Fsp3) is 0.217. The van der Waals surface area contributed by atoms with E-state index >= 15 is 0 Å². The van der Waals surface area contributed by atoms with Crippen LogP contribution in [0.15, 0.2) is 65.0 Å². The van der Waals surface area contributed by atoms with Gasteiger partial charge < -0.3 is 9.84 Å². The zero-order valence-electron chi connectivity index (χ0n) is 15.9. The summed E-state index contributed by atoms with van der Waals surface area (Å²) in [5.41, 5.74) is 1.71. The number of rotatable bonds is 4. The number of ether oxygens (including phenoxy) is 1. The second-order valence-corrected chi connectivity index (χ2v) is 7.49. The lowest BCUT2D eigenvalue weighted by molar-refractivity contribution is 0.431. The molecule has 1 aliphatic rings. The van der Waals surface area contributed by atoms with E-state index in [9.17, 15) is 9.90 Å². The molecule has 1 aromatic heterocycles. The van der Waals surface area contributed by atoms with E-state index in [1.54, 1.807) is 24.3 Å². The van der Waals surface area contributed by atoms with E-state index in [2.05, 4.69) is 4.98 Å². The lowest BCUT2D eigenvalue weighted by Gasteiger charge is -2.15. The first-order chi connectivity index (χ1) is 14.1. The number of H-pyrrole nitrogens is 1. The van der Waals surface area contributed by atoms with Gasteiger partial charge in [0, 0.05) is 0 Å². The van der Waals surface area contributed by atoms with E-state index < -0.39 is 0 Å². The van der Waals surface area contributed by atoms with Gasteiger partial charge in [0.2, 0.25) is 5.88 Å². The highest BCUT2D eigenvalue weighted by atomic mass is 32.1. The summed E-state index contributed by atoms with van der Waals surface area (Å²) in [5, 5.41) is 10.8. The number of nitrogens with one attached hydrogen (secondary N) is 1. The van der Waals surface area contributed by atoms with Crippen molar-refractivity contribution in [3.63, 3.8) is 0 Å². The molecule has 29 heavy (non-hydrogen) atoms. The third-order valence-electron chi connectivity index (χ3n) is 5.04.